The number of anilines is 3. The summed E-state index contributed by atoms with van der Waals surface area (Å²) in [6, 6.07) is 34.8. The number of hydrogen-bond acceptors (Lipinski definition) is 10. The minimum atomic E-state index is -0.932. The highest BCUT2D eigenvalue weighted by Gasteiger charge is 2.58. The number of nitrogen functional groups attached to an aromatic ring is 1. The number of halogens is 9. The number of rotatable bonds is 9. The van der Waals surface area contributed by atoms with E-state index < -0.39 is 64.8 Å². The van der Waals surface area contributed by atoms with Gasteiger partial charge in [-0.1, -0.05) is 137 Å². The number of benzene rings is 6. The number of hydrogen-bond donors (Lipinski definition) is 5. The van der Waals surface area contributed by atoms with Crippen molar-refractivity contribution in [3.63, 3.8) is 0 Å². The molecule has 6 aliphatic rings. The van der Waals surface area contributed by atoms with Crippen LogP contribution >= 0.6 is 71.2 Å². The van der Waals surface area contributed by atoms with Gasteiger partial charge in [0, 0.05) is 80.7 Å². The molecule has 0 aromatic heterocycles. The number of carbonyl (C=O) groups is 5. The fraction of sp³-hybridized carbons (Fsp3) is 0.386. The Morgan fingerprint density at radius 2 is 0.926 bits per heavy atom. The van der Waals surface area contributed by atoms with Gasteiger partial charge in [0.1, 0.15) is 28.4 Å². The van der Waals surface area contributed by atoms with Crippen molar-refractivity contribution in [2.24, 2.45) is 17.8 Å². The van der Waals surface area contributed by atoms with E-state index in [-0.39, 0.29) is 65.9 Å². The van der Waals surface area contributed by atoms with Crippen molar-refractivity contribution in [1.29, 1.82) is 0 Å². The topological polar surface area (TPSA) is 196 Å². The summed E-state index contributed by atoms with van der Waals surface area (Å²) in [5.41, 5.74) is 8.73. The van der Waals surface area contributed by atoms with Crippen molar-refractivity contribution >= 4 is 118 Å². The quantitative estimate of drug-likeness (QED) is 0.0682. The highest BCUT2D eigenvalue weighted by atomic mass is 35.5. The summed E-state index contributed by atoms with van der Waals surface area (Å²) in [5.74, 6) is -1.69. The number of nitrogens with two attached hydrogens (primary N) is 1. The van der Waals surface area contributed by atoms with E-state index in [2.05, 4.69) is 16.0 Å². The number of nitrogens with one attached hydrogen (secondary N) is 3. The largest absolute Gasteiger partial charge is 0.480 e. The monoisotopic (exact) mass is 1410 g/mol. The van der Waals surface area contributed by atoms with Gasteiger partial charge in [-0.3, -0.25) is 19.4 Å². The summed E-state index contributed by atoms with van der Waals surface area (Å²) in [5, 5.41) is 19.9. The van der Waals surface area contributed by atoms with Crippen LogP contribution in [0.25, 0.3) is 33.4 Å². The zero-order valence-electron chi connectivity index (χ0n) is 53.7. The molecule has 6 fully saturated rings. The first-order valence-corrected chi connectivity index (χ1v) is 31.8. The van der Waals surface area contributed by atoms with Gasteiger partial charge < -0.3 is 41.2 Å². The number of ether oxygens (including phenoxy) is 2. The summed E-state index contributed by atoms with van der Waals surface area (Å²) in [6.07, 6.45) is 3.91. The number of carboxylic acid groups (broad SMARTS) is 1. The van der Waals surface area contributed by atoms with Gasteiger partial charge >= 0.3 is 18.2 Å². The summed E-state index contributed by atoms with van der Waals surface area (Å²) in [4.78, 5) is 65.6. The number of likely N-dealkylation sites (tertiary alicyclic amines) is 2. The van der Waals surface area contributed by atoms with E-state index in [1.54, 1.807) is 151 Å². The van der Waals surface area contributed by atoms with Crippen LogP contribution in [0, 0.1) is 35.2 Å². The third-order valence-electron chi connectivity index (χ3n) is 16.0. The van der Waals surface area contributed by atoms with Crippen LogP contribution in [0.5, 0.6) is 0 Å². The second-order valence-corrected chi connectivity index (χ2v) is 27.5. The fourth-order valence-corrected chi connectivity index (χ4v) is 12.1. The van der Waals surface area contributed by atoms with Crippen molar-refractivity contribution in [3.05, 3.63) is 171 Å². The molecule has 9 atom stereocenters. The van der Waals surface area contributed by atoms with E-state index >= 15 is 4.39 Å². The number of carboxylic acids is 1. The molecule has 24 heteroatoms. The van der Waals surface area contributed by atoms with Gasteiger partial charge in [-0.2, -0.15) is 0 Å². The van der Waals surface area contributed by atoms with Gasteiger partial charge in [-0.05, 0) is 154 Å². The number of piperidine rings is 3. The molecule has 0 bridgehead atoms. The number of carbonyl (C=O) groups excluding carboxylic acids is 4. The van der Waals surface area contributed by atoms with Crippen molar-refractivity contribution < 1.29 is 51.7 Å². The lowest BCUT2D eigenvalue weighted by Gasteiger charge is -2.30. The van der Waals surface area contributed by atoms with Gasteiger partial charge in [0.05, 0.1) is 23.1 Å². The molecular weight excluding hydrogens is 1340 g/mol. The maximum atomic E-state index is 15.2. The molecule has 0 radical (unpaired) electrons. The Hall–Kier alpha value is -6.90. The zero-order valence-corrected chi connectivity index (χ0v) is 58.4. The molecule has 3 aliphatic carbocycles. The van der Waals surface area contributed by atoms with Gasteiger partial charge in [0.15, 0.2) is 17.5 Å². The van der Waals surface area contributed by atoms with Crippen molar-refractivity contribution in [3.8, 4) is 33.4 Å². The summed E-state index contributed by atoms with van der Waals surface area (Å²) < 4.78 is 54.3. The number of allylic oxidation sites excluding steroid dienone is 1. The molecule has 12 rings (SSSR count). The maximum absolute atomic E-state index is 15.2. The van der Waals surface area contributed by atoms with E-state index in [1.807, 2.05) is 38.9 Å². The number of aliphatic carboxylic acids is 1. The Kier molecular flexibility index (Phi) is 26.1. The molecule has 4 amide bonds. The lowest BCUT2D eigenvalue weighted by Crippen LogP contribution is -2.47. The summed E-state index contributed by atoms with van der Waals surface area (Å²) >= 11 is 24.1. The van der Waals surface area contributed by atoms with E-state index in [0.717, 1.165) is 36.4 Å². The third-order valence-corrected chi connectivity index (χ3v) is 17.7. The van der Waals surface area contributed by atoms with Crippen LogP contribution in [-0.2, 0) is 23.9 Å². The predicted octanol–water partition coefficient (Wildman–Crippen LogP) is 17.4. The minimum absolute atomic E-state index is 0. The molecule has 3 aliphatic heterocycles. The van der Waals surface area contributed by atoms with E-state index in [9.17, 15) is 32.8 Å². The molecule has 94 heavy (non-hydrogen) atoms. The first-order valence-electron chi connectivity index (χ1n) is 30.3. The average Bonchev–Trinajstić information content (AvgIpc) is 1.59. The molecule has 6 aromatic rings. The highest BCUT2D eigenvalue weighted by molar-refractivity contribution is 6.34. The zero-order chi connectivity index (χ0) is 67.3. The SMILES string of the molecule is CC(C)(C)OC(=O)N1[C@@H]2C[C@@H]2C[C@H]1C(=O)Nc1cccc(-c2ccccc2Cl)c1F.CC(C)(C)OC(=O)N1[C@@H]2C[C@@H]2C[C@H]1C(=O)O.CC(C)=C(Cl)N(C)C.Cl.Cl.Nc1cccc(-c2ccccc2Cl)c1F.O=C(Nc1cccc(-c2ccccc2Cl)c1F)[C@@H]1C[C@H]2C[C@H]2N1. The second-order valence-electron chi connectivity index (χ2n) is 25.9. The van der Waals surface area contributed by atoms with Crippen LogP contribution in [0.4, 0.5) is 39.8 Å². The molecule has 0 unspecified atom stereocenters. The first kappa shape index (κ1) is 76.1. The van der Waals surface area contributed by atoms with E-state index in [4.69, 9.17) is 66.7 Å². The number of amides is 4. The Morgan fingerprint density at radius 1 is 0.543 bits per heavy atom. The van der Waals surface area contributed by atoms with Crippen LogP contribution in [-0.4, -0.2) is 111 Å². The maximum Gasteiger partial charge on any atom is 0.411 e. The lowest BCUT2D eigenvalue weighted by atomic mass is 10.0. The average molecular weight is 1420 g/mol. The molecule has 3 heterocycles. The van der Waals surface area contributed by atoms with Crippen LogP contribution in [0.1, 0.15) is 93.9 Å². The van der Waals surface area contributed by atoms with Crippen LogP contribution in [0.3, 0.4) is 0 Å². The van der Waals surface area contributed by atoms with Gasteiger partial charge in [-0.15, -0.1) is 24.8 Å². The standard InChI is InChI=1S/C23H24ClFN2O3.C18H16ClFN2O.C12H9ClFN.C11H17NO4.C6H12ClN.2ClH/c1-23(2,3)30-22(29)27-18-11-13(18)12-19(27)21(28)26-17-10-6-8-15(20(17)25)14-7-4-5-9-16(14)24;19-13-6-2-1-4-11(13)12-5-3-7-14(17(12)20)22-18(23)16-9-10-8-15(10)21-16;13-10-6-2-1-4-8(10)9-5-3-7-11(15)12(9)14;1-11(2,3)16-10(15)12-7-4-6(7)5-8(12)9(13)14;1-5(2)6(7)8(3)4;;/h4-10,13,18-19H,11-12H2,1-3H3,(H,26,28);1-7,10,15-16,21H,8-9H2,(H,22,23);1-7H,15H2;6-8H,4-5H2,1-3H3,(H,13,14);1-4H3;2*1H/t13-,18-,19+;10-,15-,16+;;6-,7-,8+;;;/m11.1.../s1. The molecule has 15 nitrogen and oxygen atoms in total. The van der Waals surface area contributed by atoms with Crippen LogP contribution in [0.2, 0.25) is 15.1 Å². The Morgan fingerprint density at radius 3 is 1.30 bits per heavy atom. The first-order chi connectivity index (χ1) is 43.3. The summed E-state index contributed by atoms with van der Waals surface area (Å²) in [6.45, 7) is 14.7. The smallest absolute Gasteiger partial charge is 0.411 e. The molecule has 0 spiro atoms. The molecule has 6 aromatic carbocycles. The minimum Gasteiger partial charge on any atom is -0.480 e. The van der Waals surface area contributed by atoms with Crippen LogP contribution in [0.15, 0.2) is 138 Å². The van der Waals surface area contributed by atoms with Crippen molar-refractivity contribution in [2.75, 3.05) is 30.5 Å². The fourth-order valence-electron chi connectivity index (χ4n) is 11.4. The van der Waals surface area contributed by atoms with E-state index in [1.165, 1.54) is 21.9 Å². The normalized spacial score (nSPS) is 21.1. The molecule has 3 saturated heterocycles. The highest BCUT2D eigenvalue weighted by Crippen LogP contribution is 2.50. The van der Waals surface area contributed by atoms with E-state index in [0.29, 0.717) is 85.1 Å². The van der Waals surface area contributed by atoms with Crippen molar-refractivity contribution in [1.82, 2.24) is 20.0 Å². The van der Waals surface area contributed by atoms with Gasteiger partial charge in [-0.25, -0.2) is 27.6 Å². The lowest BCUT2D eigenvalue weighted by molar-refractivity contribution is -0.142. The second kappa shape index (κ2) is 32.2. The number of fused-ring (bicyclic) bond motifs is 3. The van der Waals surface area contributed by atoms with Crippen LogP contribution < -0.4 is 21.7 Å². The van der Waals surface area contributed by atoms with Gasteiger partial charge in [0.25, 0.3) is 0 Å². The summed E-state index contributed by atoms with van der Waals surface area (Å²) in [7, 11) is 3.85. The molecular formula is C70H80Cl6F3N7O8. The third kappa shape index (κ3) is 19.4. The molecule has 6 N–H and O–H groups in total. The number of nitrogens with zero attached hydrogens (tertiary/aromatic N) is 3. The Labute approximate surface area is 580 Å². The van der Waals surface area contributed by atoms with Crippen molar-refractivity contribution in [2.45, 2.75) is 141 Å². The predicted molar refractivity (Wildman–Crippen MR) is 372 cm³/mol. The molecule has 506 valence electrons. The van der Waals surface area contributed by atoms with Gasteiger partial charge in [0.2, 0.25) is 11.8 Å². The molecule has 3 saturated carbocycles. The Balaban J connectivity index is 0.000000196. The Bertz CT molecular complexity index is 3740.